The van der Waals surface area contributed by atoms with Gasteiger partial charge in [-0.1, -0.05) is 30.3 Å². The molecule has 0 bridgehead atoms. The van der Waals surface area contributed by atoms with E-state index in [1.165, 1.54) is 17.2 Å². The number of hydrogen-bond donors (Lipinski definition) is 4. The summed E-state index contributed by atoms with van der Waals surface area (Å²) in [5, 5.41) is 33.0. The number of aliphatic hydroxyl groups is 3. The summed E-state index contributed by atoms with van der Waals surface area (Å²) in [6, 6.07) is 9.91. The summed E-state index contributed by atoms with van der Waals surface area (Å²) >= 11 is 0. The number of nitrogens with zero attached hydrogens (tertiary/aromatic N) is 4. The van der Waals surface area contributed by atoms with E-state index in [1.807, 2.05) is 37.3 Å². The van der Waals surface area contributed by atoms with Gasteiger partial charge in [0, 0.05) is 6.91 Å². The molecular weight excluding hydrogens is 374 g/mol. The fourth-order valence-electron chi connectivity index (χ4n) is 3.62. The molecule has 9 nitrogen and oxygen atoms in total. The normalized spacial score (nSPS) is 27.0. The molecule has 3 aromatic rings. The fourth-order valence-corrected chi connectivity index (χ4v) is 3.62. The van der Waals surface area contributed by atoms with Crippen molar-refractivity contribution in [3.8, 4) is 0 Å². The second-order valence-corrected chi connectivity index (χ2v) is 7.62. The van der Waals surface area contributed by atoms with E-state index in [0.29, 0.717) is 23.4 Å². The second-order valence-electron chi connectivity index (χ2n) is 7.62. The molecule has 1 aliphatic rings. The Hall–Kier alpha value is -2.59. The summed E-state index contributed by atoms with van der Waals surface area (Å²) < 4.78 is 15.2. The Morgan fingerprint density at radius 1 is 1.21 bits per heavy atom. The Bertz CT molecular complexity index is 1000. The summed E-state index contributed by atoms with van der Waals surface area (Å²) in [6.45, 7) is 1.65. The van der Waals surface area contributed by atoms with Crippen LogP contribution >= 0.6 is 0 Å². The standard InChI is InChI=1S/C20H25N5O4/c1-20(2,8-12-6-4-3-5-7-12)24-17-14-18(22-10-21-17)25(11-23-14)19-16(28)15(27)13(9-26)29-19/h3-7,10-11,13,15-16,19,26-28H,8-9H2,1-2H3,(H,21,22,24)/t13-,15-,16-,19?/m1/s1/i1D/t13-,15-,16-,19?,20?. The van der Waals surface area contributed by atoms with Crippen molar-refractivity contribution in [2.45, 2.75) is 50.3 Å². The average Bonchev–Trinajstić information content (AvgIpc) is 3.30. The maximum Gasteiger partial charge on any atom is 0.167 e. The lowest BCUT2D eigenvalue weighted by Crippen LogP contribution is -2.34. The predicted octanol–water partition coefficient (Wildman–Crippen LogP) is 0.871. The number of nitrogens with one attached hydrogen (secondary N) is 1. The van der Waals surface area contributed by atoms with Crippen LogP contribution in [0.1, 0.15) is 27.0 Å². The molecule has 2 aromatic heterocycles. The Labute approximate surface area is 169 Å². The van der Waals surface area contributed by atoms with Crippen LogP contribution in [0.15, 0.2) is 43.0 Å². The molecule has 154 valence electrons. The maximum absolute atomic E-state index is 10.3. The first-order chi connectivity index (χ1) is 14.5. The molecule has 1 saturated heterocycles. The van der Waals surface area contributed by atoms with Gasteiger partial charge in [-0.3, -0.25) is 4.57 Å². The van der Waals surface area contributed by atoms with Gasteiger partial charge >= 0.3 is 0 Å². The molecule has 1 fully saturated rings. The van der Waals surface area contributed by atoms with E-state index in [-0.39, 0.29) is 6.90 Å². The number of benzene rings is 1. The number of anilines is 1. The van der Waals surface area contributed by atoms with Crippen LogP contribution in [-0.2, 0) is 11.2 Å². The predicted molar refractivity (Wildman–Crippen MR) is 106 cm³/mol. The summed E-state index contributed by atoms with van der Waals surface area (Å²) in [5.74, 6) is 0.469. The van der Waals surface area contributed by atoms with E-state index >= 15 is 0 Å². The quantitative estimate of drug-likeness (QED) is 0.480. The Morgan fingerprint density at radius 3 is 2.69 bits per heavy atom. The van der Waals surface area contributed by atoms with Crippen LogP contribution in [0.2, 0.25) is 0 Å². The smallest absolute Gasteiger partial charge is 0.167 e. The van der Waals surface area contributed by atoms with Crippen LogP contribution in [0.4, 0.5) is 5.82 Å². The van der Waals surface area contributed by atoms with Gasteiger partial charge in [0.15, 0.2) is 23.2 Å². The van der Waals surface area contributed by atoms with Gasteiger partial charge in [-0.2, -0.15) is 0 Å². The molecule has 0 amide bonds. The summed E-state index contributed by atoms with van der Waals surface area (Å²) in [6.07, 6.45) is -0.816. The maximum atomic E-state index is 10.3. The molecule has 5 atom stereocenters. The van der Waals surface area contributed by atoms with Gasteiger partial charge in [0.1, 0.15) is 24.6 Å². The largest absolute Gasteiger partial charge is 0.394 e. The minimum absolute atomic E-state index is 0.114. The van der Waals surface area contributed by atoms with Gasteiger partial charge in [0.25, 0.3) is 0 Å². The van der Waals surface area contributed by atoms with Gasteiger partial charge in [-0.15, -0.1) is 0 Å². The van der Waals surface area contributed by atoms with Gasteiger partial charge in [-0.05, 0) is 25.8 Å². The van der Waals surface area contributed by atoms with Crippen molar-refractivity contribution < 1.29 is 21.4 Å². The minimum Gasteiger partial charge on any atom is -0.394 e. The van der Waals surface area contributed by atoms with Crippen molar-refractivity contribution in [1.82, 2.24) is 19.5 Å². The average molecular weight is 400 g/mol. The number of imidazole rings is 1. The summed E-state index contributed by atoms with van der Waals surface area (Å²) in [7, 11) is 0. The van der Waals surface area contributed by atoms with E-state index < -0.39 is 36.7 Å². The zero-order valence-corrected chi connectivity index (χ0v) is 16.0. The lowest BCUT2D eigenvalue weighted by Gasteiger charge is -2.27. The van der Waals surface area contributed by atoms with Crippen molar-refractivity contribution in [2.24, 2.45) is 0 Å². The molecule has 9 heteroatoms. The zero-order valence-electron chi connectivity index (χ0n) is 17.0. The number of aromatic nitrogens is 4. The molecule has 0 aliphatic carbocycles. The third-order valence-electron chi connectivity index (χ3n) is 5.01. The van der Waals surface area contributed by atoms with Gasteiger partial charge in [0.05, 0.1) is 12.9 Å². The molecular formula is C20H25N5O4. The molecule has 0 saturated carbocycles. The molecule has 1 aromatic carbocycles. The number of aliphatic hydroxyl groups excluding tert-OH is 3. The topological polar surface area (TPSA) is 126 Å². The van der Waals surface area contributed by atoms with Crippen LogP contribution < -0.4 is 5.32 Å². The minimum atomic E-state index is -1.23. The number of ether oxygens (including phenoxy) is 1. The lowest BCUT2D eigenvalue weighted by molar-refractivity contribution is -0.0511. The Balaban J connectivity index is 1.63. The van der Waals surface area contributed by atoms with Crippen molar-refractivity contribution in [1.29, 1.82) is 0 Å². The van der Waals surface area contributed by atoms with E-state index in [4.69, 9.17) is 6.11 Å². The highest BCUT2D eigenvalue weighted by Gasteiger charge is 2.44. The van der Waals surface area contributed by atoms with Crippen LogP contribution in [0, 0.1) is 0 Å². The summed E-state index contributed by atoms with van der Waals surface area (Å²) in [5.41, 5.74) is 1.38. The molecule has 4 N–H and O–H groups in total. The highest BCUT2D eigenvalue weighted by atomic mass is 16.6. The summed E-state index contributed by atoms with van der Waals surface area (Å²) in [4.78, 5) is 13.0. The van der Waals surface area contributed by atoms with Crippen molar-refractivity contribution in [3.05, 3.63) is 48.5 Å². The number of rotatable bonds is 6. The Kier molecular flexibility index (Phi) is 4.88. The third-order valence-corrected chi connectivity index (χ3v) is 5.01. The van der Waals surface area contributed by atoms with Crippen LogP contribution in [0.25, 0.3) is 11.2 Å². The van der Waals surface area contributed by atoms with Crippen molar-refractivity contribution in [2.75, 3.05) is 11.9 Å². The molecule has 1 aliphatic heterocycles. The first kappa shape index (κ1) is 18.4. The Morgan fingerprint density at radius 2 is 2.00 bits per heavy atom. The van der Waals surface area contributed by atoms with Crippen molar-refractivity contribution in [3.63, 3.8) is 0 Å². The monoisotopic (exact) mass is 400 g/mol. The first-order valence-electron chi connectivity index (χ1n) is 10.1. The van der Waals surface area contributed by atoms with E-state index in [0.717, 1.165) is 5.56 Å². The third kappa shape index (κ3) is 3.82. The van der Waals surface area contributed by atoms with E-state index in [2.05, 4.69) is 20.3 Å². The molecule has 2 unspecified atom stereocenters. The molecule has 4 rings (SSSR count). The fraction of sp³-hybridized carbons (Fsp3) is 0.450. The first-order valence-corrected chi connectivity index (χ1v) is 9.37. The van der Waals surface area contributed by atoms with Crippen molar-refractivity contribution >= 4 is 17.0 Å². The van der Waals surface area contributed by atoms with Gasteiger partial charge in [-0.25, -0.2) is 15.0 Å². The van der Waals surface area contributed by atoms with Gasteiger partial charge < -0.3 is 25.4 Å². The SMILES string of the molecule is [2H]CC(C)(Cc1ccccc1)Nc1ncnc2c1ncn2C1O[C@H](CO)[C@@H](O)[C@H]1O. The van der Waals surface area contributed by atoms with E-state index in [1.54, 1.807) is 0 Å². The van der Waals surface area contributed by atoms with Crippen LogP contribution in [-0.4, -0.2) is 65.3 Å². The molecule has 3 heterocycles. The van der Waals surface area contributed by atoms with Crippen LogP contribution in [0.3, 0.4) is 0 Å². The van der Waals surface area contributed by atoms with Gasteiger partial charge in [0.2, 0.25) is 0 Å². The highest BCUT2D eigenvalue weighted by Crippen LogP contribution is 2.32. The lowest BCUT2D eigenvalue weighted by atomic mass is 9.95. The highest BCUT2D eigenvalue weighted by molar-refractivity contribution is 5.83. The second kappa shape index (κ2) is 7.68. The zero-order chi connectivity index (χ0) is 21.3. The molecule has 29 heavy (non-hydrogen) atoms. The number of fused-ring (bicyclic) bond motifs is 1. The van der Waals surface area contributed by atoms with Crippen LogP contribution in [0.5, 0.6) is 0 Å². The van der Waals surface area contributed by atoms with E-state index in [9.17, 15) is 15.3 Å². The number of hydrogen-bond acceptors (Lipinski definition) is 8. The molecule has 0 spiro atoms. The molecule has 0 radical (unpaired) electrons.